The fourth-order valence-corrected chi connectivity index (χ4v) is 4.74. The lowest BCUT2D eigenvalue weighted by atomic mass is 10.1. The highest BCUT2D eigenvalue weighted by molar-refractivity contribution is 7.84. The van der Waals surface area contributed by atoms with Crippen LogP contribution < -0.4 is 15.2 Å². The number of aromatic nitrogens is 2. The second-order valence-corrected chi connectivity index (χ2v) is 8.64. The van der Waals surface area contributed by atoms with E-state index in [-0.39, 0.29) is 24.7 Å². The summed E-state index contributed by atoms with van der Waals surface area (Å²) in [6.07, 6.45) is 3.13. The van der Waals surface area contributed by atoms with Crippen molar-refractivity contribution in [1.82, 2.24) is 9.97 Å². The van der Waals surface area contributed by atoms with E-state index in [1.54, 1.807) is 6.07 Å². The molecule has 2 aromatic rings. The van der Waals surface area contributed by atoms with Crippen molar-refractivity contribution in [3.05, 3.63) is 47.8 Å². The summed E-state index contributed by atoms with van der Waals surface area (Å²) < 4.78 is 33.2. The van der Waals surface area contributed by atoms with Crippen molar-refractivity contribution in [3.8, 4) is 5.88 Å². The number of hydrogen-bond donors (Lipinski definition) is 3. The average Bonchev–Trinajstić information content (AvgIpc) is 3.24. The van der Waals surface area contributed by atoms with Crippen molar-refractivity contribution in [2.75, 3.05) is 11.9 Å². The van der Waals surface area contributed by atoms with E-state index in [1.165, 1.54) is 17.5 Å². The van der Waals surface area contributed by atoms with Crippen LogP contribution in [0.25, 0.3) is 0 Å². The van der Waals surface area contributed by atoms with Gasteiger partial charge in [0, 0.05) is 25.0 Å². The quantitative estimate of drug-likeness (QED) is 0.610. The summed E-state index contributed by atoms with van der Waals surface area (Å²) in [7, 11) is -4.09. The third-order valence-corrected chi connectivity index (χ3v) is 5.98. The van der Waals surface area contributed by atoms with Crippen LogP contribution in [-0.4, -0.2) is 42.3 Å². The van der Waals surface area contributed by atoms with Crippen molar-refractivity contribution in [1.29, 1.82) is 0 Å². The Hall–Kier alpha value is -2.27. The molecule has 1 saturated carbocycles. The largest absolute Gasteiger partial charge is 0.474 e. The molecular formula is C19H24N4O5S. The van der Waals surface area contributed by atoms with Gasteiger partial charge in [0.05, 0.1) is 12.1 Å². The van der Waals surface area contributed by atoms with Gasteiger partial charge in [-0.1, -0.05) is 24.3 Å². The number of anilines is 1. The Morgan fingerprint density at radius 1 is 1.24 bits per heavy atom. The predicted octanol–water partition coefficient (Wildman–Crippen LogP) is 1.31. The molecule has 156 valence electrons. The zero-order chi connectivity index (χ0) is 20.4. The molecule has 0 aliphatic heterocycles. The third-order valence-electron chi connectivity index (χ3n) is 5.46. The second-order valence-electron chi connectivity index (χ2n) is 7.46. The molecule has 4 N–H and O–H groups in total. The number of benzene rings is 1. The van der Waals surface area contributed by atoms with Crippen molar-refractivity contribution in [2.24, 2.45) is 11.1 Å². The number of aliphatic hydroxyl groups excluding tert-OH is 1. The number of nitrogens with one attached hydrogen (secondary N) is 1. The maximum atomic E-state index is 11.2. The van der Waals surface area contributed by atoms with E-state index in [4.69, 9.17) is 14.1 Å². The molecule has 9 nitrogen and oxygen atoms in total. The molecule has 1 fully saturated rings. The molecule has 0 saturated heterocycles. The molecule has 4 rings (SSSR count). The van der Waals surface area contributed by atoms with E-state index in [1.807, 2.05) is 12.1 Å². The summed E-state index contributed by atoms with van der Waals surface area (Å²) in [5, 5.41) is 17.9. The van der Waals surface area contributed by atoms with E-state index < -0.39 is 16.4 Å². The van der Waals surface area contributed by atoms with Crippen LogP contribution in [0.15, 0.2) is 36.7 Å². The lowest BCUT2D eigenvalue weighted by Gasteiger charge is -2.16. The van der Waals surface area contributed by atoms with Gasteiger partial charge >= 0.3 is 10.3 Å². The molecule has 4 atom stereocenters. The fourth-order valence-electron chi connectivity index (χ4n) is 4.15. The topological polar surface area (TPSA) is 137 Å². The van der Waals surface area contributed by atoms with Gasteiger partial charge in [-0.3, -0.25) is 4.18 Å². The first-order chi connectivity index (χ1) is 13.9. The van der Waals surface area contributed by atoms with Gasteiger partial charge in [-0.15, -0.1) is 0 Å². The van der Waals surface area contributed by atoms with Gasteiger partial charge in [0.2, 0.25) is 5.88 Å². The fraction of sp³-hybridized carbons (Fsp3) is 0.474. The Morgan fingerprint density at radius 2 is 2.07 bits per heavy atom. The smallest absolute Gasteiger partial charge is 0.333 e. The van der Waals surface area contributed by atoms with Gasteiger partial charge in [0.1, 0.15) is 18.2 Å². The van der Waals surface area contributed by atoms with Crippen LogP contribution in [0.1, 0.15) is 36.4 Å². The van der Waals surface area contributed by atoms with E-state index in [0.717, 1.165) is 12.8 Å². The Balaban J connectivity index is 1.41. The van der Waals surface area contributed by atoms with Gasteiger partial charge in [0.15, 0.2) is 0 Å². The minimum absolute atomic E-state index is 0.187. The van der Waals surface area contributed by atoms with E-state index >= 15 is 0 Å². The van der Waals surface area contributed by atoms with Crippen molar-refractivity contribution in [2.45, 2.75) is 43.9 Å². The normalized spacial score (nSPS) is 26.3. The molecule has 1 heterocycles. The molecule has 2 aliphatic rings. The first-order valence-electron chi connectivity index (χ1n) is 9.56. The maximum absolute atomic E-state index is 11.2. The summed E-state index contributed by atoms with van der Waals surface area (Å²) >= 11 is 0. The minimum atomic E-state index is -4.09. The maximum Gasteiger partial charge on any atom is 0.333 e. The molecule has 0 spiro atoms. The average molecular weight is 420 g/mol. The lowest BCUT2D eigenvalue weighted by molar-refractivity contribution is 0.115. The molecule has 0 radical (unpaired) electrons. The van der Waals surface area contributed by atoms with Crippen LogP contribution in [0.2, 0.25) is 0 Å². The molecule has 2 aliphatic carbocycles. The van der Waals surface area contributed by atoms with Crippen LogP contribution >= 0.6 is 0 Å². The van der Waals surface area contributed by atoms with Crippen LogP contribution in [-0.2, 0) is 20.9 Å². The standard InChI is InChI=1S/C19H24N4O5S/c20-29(25,26)28-17-8-14(7-13(17)10-24)27-19-9-18(21-11-22-19)23-16-6-5-12-3-1-2-4-15(12)16/h1-4,9,11,13-14,16-17,24H,5-8,10H2,(H2,20,25,26)(H,21,22,23)/t13?,14?,16-,17?/m0/s1. The highest BCUT2D eigenvalue weighted by atomic mass is 32.2. The van der Waals surface area contributed by atoms with Gasteiger partial charge in [-0.2, -0.15) is 8.42 Å². The molecule has 1 aromatic heterocycles. The molecular weight excluding hydrogens is 396 g/mol. The number of hydrogen-bond acceptors (Lipinski definition) is 8. The SMILES string of the molecule is NS(=O)(=O)OC1CC(Oc2cc(N[C@H]3CCc4ccccc43)ncn2)CC1CO. The second kappa shape index (κ2) is 8.23. The number of ether oxygens (including phenoxy) is 1. The highest BCUT2D eigenvalue weighted by Crippen LogP contribution is 2.34. The zero-order valence-electron chi connectivity index (χ0n) is 15.8. The molecule has 0 bridgehead atoms. The molecule has 3 unspecified atom stereocenters. The van der Waals surface area contributed by atoms with Gasteiger partial charge in [-0.25, -0.2) is 15.1 Å². The van der Waals surface area contributed by atoms with Crippen LogP contribution in [0.5, 0.6) is 5.88 Å². The summed E-state index contributed by atoms with van der Waals surface area (Å²) in [6, 6.07) is 10.3. The number of aliphatic hydroxyl groups is 1. The van der Waals surface area contributed by atoms with Crippen LogP contribution in [0.3, 0.4) is 0 Å². The zero-order valence-corrected chi connectivity index (χ0v) is 16.6. The summed E-state index contributed by atoms with van der Waals surface area (Å²) in [5.74, 6) is 0.671. The Labute approximate surface area is 169 Å². The predicted molar refractivity (Wildman–Crippen MR) is 105 cm³/mol. The first kappa shape index (κ1) is 20.0. The Kier molecular flexibility index (Phi) is 5.68. The van der Waals surface area contributed by atoms with E-state index in [2.05, 4.69) is 27.4 Å². The van der Waals surface area contributed by atoms with Gasteiger partial charge in [-0.05, 0) is 30.4 Å². The number of nitrogens with zero attached hydrogens (tertiary/aromatic N) is 2. The van der Waals surface area contributed by atoms with E-state index in [9.17, 15) is 13.5 Å². The Morgan fingerprint density at radius 3 is 2.86 bits per heavy atom. The molecule has 10 heteroatoms. The number of nitrogens with two attached hydrogens (primary N) is 1. The van der Waals surface area contributed by atoms with Gasteiger partial charge in [0.25, 0.3) is 0 Å². The van der Waals surface area contributed by atoms with Crippen molar-refractivity contribution < 1.29 is 22.4 Å². The monoisotopic (exact) mass is 420 g/mol. The van der Waals surface area contributed by atoms with Gasteiger partial charge < -0.3 is 15.2 Å². The Bertz CT molecular complexity index is 971. The van der Waals surface area contributed by atoms with Crippen molar-refractivity contribution in [3.63, 3.8) is 0 Å². The third kappa shape index (κ3) is 4.84. The van der Waals surface area contributed by atoms with Crippen LogP contribution in [0.4, 0.5) is 5.82 Å². The summed E-state index contributed by atoms with van der Waals surface area (Å²) in [5.41, 5.74) is 2.62. The lowest BCUT2D eigenvalue weighted by Crippen LogP contribution is -2.28. The highest BCUT2D eigenvalue weighted by Gasteiger charge is 2.38. The summed E-state index contributed by atoms with van der Waals surface area (Å²) in [6.45, 7) is -0.211. The number of rotatable bonds is 7. The van der Waals surface area contributed by atoms with Crippen molar-refractivity contribution >= 4 is 16.1 Å². The number of aryl methyl sites for hydroxylation is 1. The minimum Gasteiger partial charge on any atom is -0.474 e. The van der Waals surface area contributed by atoms with Crippen LogP contribution in [0, 0.1) is 5.92 Å². The first-order valence-corrected chi connectivity index (χ1v) is 11.0. The molecule has 1 aromatic carbocycles. The molecule has 0 amide bonds. The number of fused-ring (bicyclic) bond motifs is 1. The molecule has 29 heavy (non-hydrogen) atoms. The van der Waals surface area contributed by atoms with E-state index in [0.29, 0.717) is 24.5 Å². The summed E-state index contributed by atoms with van der Waals surface area (Å²) in [4.78, 5) is 8.43.